The average Bonchev–Trinajstić information content (AvgIpc) is 2.79. The van der Waals surface area contributed by atoms with Gasteiger partial charge in [0.2, 0.25) is 10.0 Å². The lowest BCUT2D eigenvalue weighted by Gasteiger charge is -2.15. The molecule has 2 N–H and O–H groups in total. The number of carbonyl (C=O) groups is 1. The molecule has 0 unspecified atom stereocenters. The standard InChI is InChI=1S/C23H24N2O5S/c1-17(18-6-4-3-5-7-18)25-31(27,28)22-14-12-21(13-15-22)30-16-23(26)24-19-8-10-20(29-2)11-9-19/h3-15,17,25H,16H2,1-2H3,(H,24,26)/t17-/m0/s1. The Hall–Kier alpha value is -3.36. The molecular weight excluding hydrogens is 416 g/mol. The summed E-state index contributed by atoms with van der Waals surface area (Å²) in [7, 11) is -2.13. The summed E-state index contributed by atoms with van der Waals surface area (Å²) in [4.78, 5) is 12.2. The molecule has 7 nitrogen and oxygen atoms in total. The summed E-state index contributed by atoms with van der Waals surface area (Å²) in [6, 6.07) is 21.8. The number of sulfonamides is 1. The summed E-state index contributed by atoms with van der Waals surface area (Å²) in [5, 5.41) is 2.71. The van der Waals surface area contributed by atoms with Crippen molar-refractivity contribution in [2.45, 2.75) is 17.9 Å². The van der Waals surface area contributed by atoms with E-state index < -0.39 is 10.0 Å². The smallest absolute Gasteiger partial charge is 0.262 e. The van der Waals surface area contributed by atoms with Gasteiger partial charge in [-0.15, -0.1) is 0 Å². The molecule has 0 aromatic heterocycles. The molecule has 1 amide bonds. The van der Waals surface area contributed by atoms with Gasteiger partial charge in [-0.1, -0.05) is 30.3 Å². The van der Waals surface area contributed by atoms with Crippen molar-refractivity contribution in [3.63, 3.8) is 0 Å². The van der Waals surface area contributed by atoms with Gasteiger partial charge in [0.15, 0.2) is 6.61 Å². The van der Waals surface area contributed by atoms with Crippen LogP contribution in [-0.2, 0) is 14.8 Å². The maximum atomic E-state index is 12.6. The first-order chi connectivity index (χ1) is 14.9. The number of hydrogen-bond acceptors (Lipinski definition) is 5. The van der Waals surface area contributed by atoms with Crippen molar-refractivity contribution < 1.29 is 22.7 Å². The van der Waals surface area contributed by atoms with Crippen LogP contribution < -0.4 is 19.5 Å². The van der Waals surface area contributed by atoms with Crippen LogP contribution in [0.3, 0.4) is 0 Å². The Morgan fingerprint density at radius 1 is 0.903 bits per heavy atom. The summed E-state index contributed by atoms with van der Waals surface area (Å²) >= 11 is 0. The van der Waals surface area contributed by atoms with E-state index in [0.717, 1.165) is 5.56 Å². The molecular formula is C23H24N2O5S. The zero-order valence-corrected chi connectivity index (χ0v) is 18.1. The number of hydrogen-bond donors (Lipinski definition) is 2. The largest absolute Gasteiger partial charge is 0.497 e. The van der Waals surface area contributed by atoms with Crippen LogP contribution in [0.25, 0.3) is 0 Å². The second-order valence-corrected chi connectivity index (χ2v) is 8.50. The van der Waals surface area contributed by atoms with Gasteiger partial charge in [-0.2, -0.15) is 0 Å². The molecule has 3 rings (SSSR count). The van der Waals surface area contributed by atoms with E-state index in [1.165, 1.54) is 24.3 Å². The molecule has 0 bridgehead atoms. The van der Waals surface area contributed by atoms with Gasteiger partial charge in [0, 0.05) is 11.7 Å². The fourth-order valence-electron chi connectivity index (χ4n) is 2.85. The van der Waals surface area contributed by atoms with Gasteiger partial charge in [-0.3, -0.25) is 4.79 Å². The fourth-order valence-corrected chi connectivity index (χ4v) is 4.08. The first-order valence-corrected chi connectivity index (χ1v) is 11.1. The summed E-state index contributed by atoms with van der Waals surface area (Å²) in [6.45, 7) is 1.58. The molecule has 0 aliphatic carbocycles. The Morgan fingerprint density at radius 3 is 2.13 bits per heavy atom. The topological polar surface area (TPSA) is 93.7 Å². The first kappa shape index (κ1) is 22.3. The second kappa shape index (κ2) is 10.1. The number of amides is 1. The number of benzene rings is 3. The molecule has 8 heteroatoms. The van der Waals surface area contributed by atoms with E-state index in [0.29, 0.717) is 17.2 Å². The third-order valence-electron chi connectivity index (χ3n) is 4.51. The minimum atomic E-state index is -3.70. The normalized spacial score (nSPS) is 12.1. The van der Waals surface area contributed by atoms with E-state index >= 15 is 0 Å². The first-order valence-electron chi connectivity index (χ1n) is 9.61. The number of methoxy groups -OCH3 is 1. The van der Waals surface area contributed by atoms with Crippen LogP contribution >= 0.6 is 0 Å². The maximum Gasteiger partial charge on any atom is 0.262 e. The number of ether oxygens (including phenoxy) is 2. The van der Waals surface area contributed by atoms with E-state index in [2.05, 4.69) is 10.0 Å². The SMILES string of the molecule is COc1ccc(NC(=O)COc2ccc(S(=O)(=O)N[C@@H](C)c3ccccc3)cc2)cc1. The molecule has 162 valence electrons. The lowest BCUT2D eigenvalue weighted by molar-refractivity contribution is -0.118. The van der Waals surface area contributed by atoms with Crippen molar-refractivity contribution in [3.05, 3.63) is 84.4 Å². The van der Waals surface area contributed by atoms with Crippen LogP contribution in [-0.4, -0.2) is 28.0 Å². The lowest BCUT2D eigenvalue weighted by Crippen LogP contribution is -2.26. The van der Waals surface area contributed by atoms with Crippen LogP contribution in [0.2, 0.25) is 0 Å². The van der Waals surface area contributed by atoms with Crippen molar-refractivity contribution in [1.29, 1.82) is 0 Å². The molecule has 3 aromatic rings. The Balaban J connectivity index is 1.54. The van der Waals surface area contributed by atoms with Crippen molar-refractivity contribution in [1.82, 2.24) is 4.72 Å². The summed E-state index contributed by atoms with van der Waals surface area (Å²) in [5.41, 5.74) is 1.49. The number of carbonyl (C=O) groups excluding carboxylic acids is 1. The fraction of sp³-hybridized carbons (Fsp3) is 0.174. The molecule has 0 aliphatic rings. The van der Waals surface area contributed by atoms with Crippen molar-refractivity contribution in [2.75, 3.05) is 19.0 Å². The van der Waals surface area contributed by atoms with E-state index in [4.69, 9.17) is 9.47 Å². The van der Waals surface area contributed by atoms with Crippen LogP contribution in [0.5, 0.6) is 11.5 Å². The predicted octanol–water partition coefficient (Wildman–Crippen LogP) is 3.75. The van der Waals surface area contributed by atoms with Crippen LogP contribution in [0.15, 0.2) is 83.8 Å². The zero-order valence-electron chi connectivity index (χ0n) is 17.2. The predicted molar refractivity (Wildman–Crippen MR) is 119 cm³/mol. The second-order valence-electron chi connectivity index (χ2n) is 6.79. The molecule has 1 atom stereocenters. The van der Waals surface area contributed by atoms with Gasteiger partial charge >= 0.3 is 0 Å². The highest BCUT2D eigenvalue weighted by atomic mass is 32.2. The molecule has 0 saturated carbocycles. The van der Waals surface area contributed by atoms with E-state index in [-0.39, 0.29) is 23.5 Å². The maximum absolute atomic E-state index is 12.6. The Bertz CT molecular complexity index is 1100. The van der Waals surface area contributed by atoms with Crippen LogP contribution in [0.4, 0.5) is 5.69 Å². The third-order valence-corrected chi connectivity index (χ3v) is 6.07. The highest BCUT2D eigenvalue weighted by Crippen LogP contribution is 2.20. The van der Waals surface area contributed by atoms with Crippen molar-refractivity contribution in [3.8, 4) is 11.5 Å². The molecule has 0 aliphatic heterocycles. The van der Waals surface area contributed by atoms with Crippen molar-refractivity contribution >= 4 is 21.6 Å². The molecule has 0 heterocycles. The summed E-state index contributed by atoms with van der Waals surface area (Å²) < 4.78 is 38.4. The van der Waals surface area contributed by atoms with Crippen LogP contribution in [0.1, 0.15) is 18.5 Å². The molecule has 0 spiro atoms. The molecule has 31 heavy (non-hydrogen) atoms. The average molecular weight is 441 g/mol. The van der Waals surface area contributed by atoms with Crippen LogP contribution in [0, 0.1) is 0 Å². The van der Waals surface area contributed by atoms with Gasteiger partial charge in [-0.05, 0) is 61.0 Å². The number of nitrogens with one attached hydrogen (secondary N) is 2. The van der Waals surface area contributed by atoms with Gasteiger partial charge in [-0.25, -0.2) is 13.1 Å². The third kappa shape index (κ3) is 6.31. The van der Waals surface area contributed by atoms with Gasteiger partial charge in [0.25, 0.3) is 5.91 Å². The zero-order chi connectivity index (χ0) is 22.3. The lowest BCUT2D eigenvalue weighted by atomic mass is 10.1. The molecule has 0 radical (unpaired) electrons. The van der Waals surface area contributed by atoms with Gasteiger partial charge < -0.3 is 14.8 Å². The highest BCUT2D eigenvalue weighted by molar-refractivity contribution is 7.89. The van der Waals surface area contributed by atoms with Crippen molar-refractivity contribution in [2.24, 2.45) is 0 Å². The minimum absolute atomic E-state index is 0.116. The monoisotopic (exact) mass is 440 g/mol. The van der Waals surface area contributed by atoms with E-state index in [1.807, 2.05) is 30.3 Å². The minimum Gasteiger partial charge on any atom is -0.497 e. The summed E-state index contributed by atoms with van der Waals surface area (Å²) in [5.74, 6) is 0.747. The summed E-state index contributed by atoms with van der Waals surface area (Å²) in [6.07, 6.45) is 0. The molecule has 3 aromatic carbocycles. The quantitative estimate of drug-likeness (QED) is 0.529. The number of rotatable bonds is 9. The molecule has 0 saturated heterocycles. The Labute approximate surface area is 182 Å². The Kier molecular flexibility index (Phi) is 7.28. The van der Waals surface area contributed by atoms with Gasteiger partial charge in [0.1, 0.15) is 11.5 Å². The van der Waals surface area contributed by atoms with E-state index in [1.54, 1.807) is 38.3 Å². The molecule has 0 fully saturated rings. The Morgan fingerprint density at radius 2 is 1.52 bits per heavy atom. The highest BCUT2D eigenvalue weighted by Gasteiger charge is 2.18. The number of anilines is 1. The van der Waals surface area contributed by atoms with Gasteiger partial charge in [0.05, 0.1) is 12.0 Å². The van der Waals surface area contributed by atoms with E-state index in [9.17, 15) is 13.2 Å².